The second-order valence-corrected chi connectivity index (χ2v) is 4.15. The monoisotopic (exact) mass is 277 g/mol. The van der Waals surface area contributed by atoms with Crippen LogP contribution in [0.4, 0.5) is 8.78 Å². The Kier molecular flexibility index (Phi) is 4.65. The molecule has 2 aromatic rings. The molecule has 1 amide bonds. The van der Waals surface area contributed by atoms with Crippen LogP contribution in [0.5, 0.6) is 5.75 Å². The maximum Gasteiger partial charge on any atom is 0.258 e. The molecule has 0 aliphatic rings. The van der Waals surface area contributed by atoms with Crippen molar-refractivity contribution in [3.63, 3.8) is 0 Å². The molecule has 0 aliphatic heterocycles. The molecule has 3 nitrogen and oxygen atoms in total. The average molecular weight is 277 g/mol. The van der Waals surface area contributed by atoms with Gasteiger partial charge in [-0.15, -0.1) is 0 Å². The van der Waals surface area contributed by atoms with E-state index in [2.05, 4.69) is 5.32 Å². The lowest BCUT2D eigenvalue weighted by Crippen LogP contribution is -2.28. The van der Waals surface area contributed by atoms with Gasteiger partial charge in [-0.1, -0.05) is 12.1 Å². The number of halogens is 2. The summed E-state index contributed by atoms with van der Waals surface area (Å²) in [6.45, 7) is 0.138. The first kappa shape index (κ1) is 14.0. The molecule has 20 heavy (non-hydrogen) atoms. The lowest BCUT2D eigenvalue weighted by atomic mass is 10.2. The summed E-state index contributed by atoms with van der Waals surface area (Å²) in [5, 5.41) is 2.64. The zero-order valence-corrected chi connectivity index (χ0v) is 10.6. The van der Waals surface area contributed by atoms with E-state index in [1.807, 2.05) is 0 Å². The number of hydrogen-bond acceptors (Lipinski definition) is 2. The summed E-state index contributed by atoms with van der Waals surface area (Å²) in [4.78, 5) is 11.5. The fourth-order valence-electron chi connectivity index (χ4n) is 1.53. The maximum atomic E-state index is 12.7. The van der Waals surface area contributed by atoms with Crippen molar-refractivity contribution >= 4 is 5.91 Å². The van der Waals surface area contributed by atoms with Crippen LogP contribution in [0.15, 0.2) is 48.5 Å². The number of hydrogen-bond donors (Lipinski definition) is 1. The van der Waals surface area contributed by atoms with Gasteiger partial charge in [0.15, 0.2) is 6.61 Å². The summed E-state index contributed by atoms with van der Waals surface area (Å²) >= 11 is 0. The lowest BCUT2D eigenvalue weighted by molar-refractivity contribution is -0.123. The van der Waals surface area contributed by atoms with Crippen LogP contribution in [0, 0.1) is 11.6 Å². The van der Waals surface area contributed by atoms with E-state index < -0.39 is 0 Å². The maximum absolute atomic E-state index is 12.7. The average Bonchev–Trinajstić information content (AvgIpc) is 2.46. The molecule has 0 unspecified atom stereocenters. The fraction of sp³-hybridized carbons (Fsp3) is 0.133. The smallest absolute Gasteiger partial charge is 0.258 e. The first-order valence-corrected chi connectivity index (χ1v) is 6.03. The standard InChI is InChI=1S/C15H13F2NO2/c16-12-3-1-11(2-4-12)9-18-15(19)10-20-14-7-5-13(17)6-8-14/h1-8H,9-10H2,(H,18,19). The predicted molar refractivity (Wildman–Crippen MR) is 70.1 cm³/mol. The summed E-state index contributed by atoms with van der Waals surface area (Å²) in [5.41, 5.74) is 0.793. The van der Waals surface area contributed by atoms with Crippen LogP contribution < -0.4 is 10.1 Å². The van der Waals surface area contributed by atoms with Gasteiger partial charge in [0.25, 0.3) is 5.91 Å². The van der Waals surface area contributed by atoms with E-state index in [0.29, 0.717) is 12.3 Å². The minimum Gasteiger partial charge on any atom is -0.484 e. The predicted octanol–water partition coefficient (Wildman–Crippen LogP) is 2.66. The molecule has 5 heteroatoms. The Morgan fingerprint density at radius 1 is 0.950 bits per heavy atom. The zero-order valence-electron chi connectivity index (χ0n) is 10.6. The second kappa shape index (κ2) is 6.65. The van der Waals surface area contributed by atoms with Crippen LogP contribution in [0.2, 0.25) is 0 Å². The molecule has 2 aromatic carbocycles. The molecule has 0 spiro atoms. The van der Waals surface area contributed by atoms with Gasteiger partial charge in [0.1, 0.15) is 17.4 Å². The number of carbonyl (C=O) groups is 1. The summed E-state index contributed by atoms with van der Waals surface area (Å²) in [6, 6.07) is 11.3. The van der Waals surface area contributed by atoms with Gasteiger partial charge in [0.05, 0.1) is 0 Å². The Morgan fingerprint density at radius 2 is 1.50 bits per heavy atom. The number of rotatable bonds is 5. The second-order valence-electron chi connectivity index (χ2n) is 4.15. The van der Waals surface area contributed by atoms with Crippen molar-refractivity contribution in [3.8, 4) is 5.75 Å². The molecule has 0 aromatic heterocycles. The minimum atomic E-state index is -0.363. The molecule has 0 bridgehead atoms. The molecular weight excluding hydrogens is 264 g/mol. The number of amides is 1. The summed E-state index contributed by atoms with van der Waals surface area (Å²) in [7, 11) is 0. The van der Waals surface area contributed by atoms with Crippen LogP contribution >= 0.6 is 0 Å². The van der Waals surface area contributed by atoms with E-state index in [4.69, 9.17) is 4.74 Å². The minimum absolute atomic E-state index is 0.160. The van der Waals surface area contributed by atoms with Crippen LogP contribution in [0.3, 0.4) is 0 Å². The quantitative estimate of drug-likeness (QED) is 0.912. The molecule has 0 saturated carbocycles. The Balaban J connectivity index is 1.75. The van der Waals surface area contributed by atoms with Gasteiger partial charge in [-0.3, -0.25) is 4.79 Å². The fourth-order valence-corrected chi connectivity index (χ4v) is 1.53. The number of benzene rings is 2. The molecule has 1 N–H and O–H groups in total. The molecule has 0 aliphatic carbocycles. The first-order chi connectivity index (χ1) is 9.63. The Labute approximate surface area is 115 Å². The largest absolute Gasteiger partial charge is 0.484 e. The topological polar surface area (TPSA) is 38.3 Å². The van der Waals surface area contributed by atoms with Crippen molar-refractivity contribution in [2.24, 2.45) is 0 Å². The number of nitrogens with one attached hydrogen (secondary N) is 1. The van der Waals surface area contributed by atoms with E-state index in [9.17, 15) is 13.6 Å². The normalized spacial score (nSPS) is 10.1. The summed E-state index contributed by atoms with van der Waals surface area (Å²) in [5.74, 6) is -0.570. The summed E-state index contributed by atoms with van der Waals surface area (Å²) in [6.07, 6.45) is 0. The van der Waals surface area contributed by atoms with Gasteiger partial charge in [-0.25, -0.2) is 8.78 Å². The van der Waals surface area contributed by atoms with Gasteiger partial charge in [0.2, 0.25) is 0 Å². The highest BCUT2D eigenvalue weighted by Crippen LogP contribution is 2.10. The lowest BCUT2D eigenvalue weighted by Gasteiger charge is -2.07. The molecule has 0 atom stereocenters. The van der Waals surface area contributed by atoms with Gasteiger partial charge in [-0.2, -0.15) is 0 Å². The molecular formula is C15H13F2NO2. The van der Waals surface area contributed by atoms with Crippen LogP contribution in [0.25, 0.3) is 0 Å². The van der Waals surface area contributed by atoms with Crippen molar-refractivity contribution in [1.29, 1.82) is 0 Å². The van der Waals surface area contributed by atoms with Crippen LogP contribution in [-0.2, 0) is 11.3 Å². The molecule has 0 heterocycles. The SMILES string of the molecule is O=C(COc1ccc(F)cc1)NCc1ccc(F)cc1. The van der Waals surface area contributed by atoms with Gasteiger partial charge in [-0.05, 0) is 42.0 Å². The highest BCUT2D eigenvalue weighted by atomic mass is 19.1. The molecule has 0 saturated heterocycles. The molecule has 0 radical (unpaired) electrons. The van der Waals surface area contributed by atoms with Gasteiger partial charge >= 0.3 is 0 Å². The van der Waals surface area contributed by atoms with Crippen molar-refractivity contribution in [2.75, 3.05) is 6.61 Å². The van der Waals surface area contributed by atoms with E-state index in [1.54, 1.807) is 12.1 Å². The van der Waals surface area contributed by atoms with Crippen LogP contribution in [-0.4, -0.2) is 12.5 Å². The molecule has 104 valence electrons. The Hall–Kier alpha value is -2.43. The first-order valence-electron chi connectivity index (χ1n) is 6.03. The third-order valence-electron chi connectivity index (χ3n) is 2.59. The van der Waals surface area contributed by atoms with E-state index >= 15 is 0 Å². The highest BCUT2D eigenvalue weighted by molar-refractivity contribution is 5.77. The Morgan fingerprint density at radius 3 is 2.10 bits per heavy atom. The van der Waals surface area contributed by atoms with Crippen molar-refractivity contribution in [3.05, 3.63) is 65.7 Å². The third kappa shape index (κ3) is 4.35. The number of ether oxygens (including phenoxy) is 1. The van der Waals surface area contributed by atoms with Crippen molar-refractivity contribution < 1.29 is 18.3 Å². The molecule has 0 fully saturated rings. The Bertz CT molecular complexity index is 516. The number of carbonyl (C=O) groups excluding carboxylic acids is 1. The third-order valence-corrected chi connectivity index (χ3v) is 2.59. The highest BCUT2D eigenvalue weighted by Gasteiger charge is 2.03. The van der Waals surface area contributed by atoms with Gasteiger partial charge in [0, 0.05) is 6.54 Å². The van der Waals surface area contributed by atoms with Crippen molar-refractivity contribution in [1.82, 2.24) is 5.32 Å². The molecule has 2 rings (SSSR count). The van der Waals surface area contributed by atoms with E-state index in [0.717, 1.165) is 5.56 Å². The summed E-state index contributed by atoms with van der Waals surface area (Å²) < 4.78 is 30.5. The van der Waals surface area contributed by atoms with E-state index in [-0.39, 0.29) is 24.1 Å². The zero-order chi connectivity index (χ0) is 14.4. The van der Waals surface area contributed by atoms with Crippen LogP contribution in [0.1, 0.15) is 5.56 Å². The van der Waals surface area contributed by atoms with Crippen molar-refractivity contribution in [2.45, 2.75) is 6.54 Å². The van der Waals surface area contributed by atoms with E-state index in [1.165, 1.54) is 36.4 Å². The van der Waals surface area contributed by atoms with Gasteiger partial charge < -0.3 is 10.1 Å².